The van der Waals surface area contributed by atoms with Gasteiger partial charge >= 0.3 is 11.9 Å². The number of Topliss-reactive ketones (excluding diaryl/α,β-unsaturated/α-hetero) is 2. The zero-order chi connectivity index (χ0) is 24.8. The zero-order valence-electron chi connectivity index (χ0n) is 20.0. The Morgan fingerprint density at radius 1 is 0.765 bits per heavy atom. The van der Waals surface area contributed by atoms with E-state index in [9.17, 15) is 19.2 Å². The summed E-state index contributed by atoms with van der Waals surface area (Å²) < 4.78 is 10.9. The Hall–Kier alpha value is -3.28. The quantitative estimate of drug-likeness (QED) is 0.361. The molecule has 0 N–H and O–H groups in total. The Labute approximate surface area is 200 Å². The average molecular weight is 465 g/mol. The van der Waals surface area contributed by atoms with E-state index in [-0.39, 0.29) is 37.6 Å². The van der Waals surface area contributed by atoms with E-state index in [2.05, 4.69) is 0 Å². The van der Waals surface area contributed by atoms with Crippen LogP contribution >= 0.6 is 0 Å². The van der Waals surface area contributed by atoms with Gasteiger partial charge in [0.25, 0.3) is 0 Å². The number of esters is 2. The molecule has 0 heterocycles. The van der Waals surface area contributed by atoms with Gasteiger partial charge in [0.05, 0.1) is 24.5 Å². The summed E-state index contributed by atoms with van der Waals surface area (Å²) in [5.74, 6) is -1.47. The molecular formula is C28H32O6. The molecule has 0 aromatic heterocycles. The predicted molar refractivity (Wildman–Crippen MR) is 127 cm³/mol. The molecule has 3 rings (SSSR count). The largest absolute Gasteiger partial charge is 0.465 e. The second kappa shape index (κ2) is 10.8. The Morgan fingerprint density at radius 2 is 1.24 bits per heavy atom. The number of benzene rings is 2. The molecule has 1 aliphatic rings. The van der Waals surface area contributed by atoms with Gasteiger partial charge in [0.2, 0.25) is 0 Å². The molecule has 2 aromatic carbocycles. The molecule has 6 nitrogen and oxygen atoms in total. The van der Waals surface area contributed by atoms with Crippen molar-refractivity contribution in [2.75, 3.05) is 13.2 Å². The lowest BCUT2D eigenvalue weighted by Crippen LogP contribution is -2.44. The van der Waals surface area contributed by atoms with Gasteiger partial charge in [0.1, 0.15) is 0 Å². The van der Waals surface area contributed by atoms with E-state index in [1.807, 2.05) is 26.0 Å². The van der Waals surface area contributed by atoms with E-state index >= 15 is 0 Å². The summed E-state index contributed by atoms with van der Waals surface area (Å²) in [6, 6.07) is 17.8. The van der Waals surface area contributed by atoms with Gasteiger partial charge in [-0.25, -0.2) is 0 Å². The van der Waals surface area contributed by atoms with Gasteiger partial charge < -0.3 is 9.47 Å². The standard InChI is InChI=1S/C28H32O6/c1-27(2)22(25(31)33-18-15-23(29)20-10-6-4-7-11-20)14-17-28(27,3)26(32)34-19-16-24(30)21-12-8-5-9-13-21/h4-13,22H,14-19H2,1-3H3/t22-,28+/m1/s1. The molecule has 0 aliphatic heterocycles. The molecule has 0 saturated heterocycles. The molecule has 0 radical (unpaired) electrons. The third-order valence-corrected chi connectivity index (χ3v) is 7.29. The fourth-order valence-corrected chi connectivity index (χ4v) is 4.56. The van der Waals surface area contributed by atoms with Crippen molar-refractivity contribution < 1.29 is 28.7 Å². The highest BCUT2D eigenvalue weighted by molar-refractivity contribution is 5.96. The summed E-state index contributed by atoms with van der Waals surface area (Å²) in [6.45, 7) is 5.55. The Bertz CT molecular complexity index is 1030. The van der Waals surface area contributed by atoms with Crippen molar-refractivity contribution in [2.45, 2.75) is 46.5 Å². The summed E-state index contributed by atoms with van der Waals surface area (Å²) in [7, 11) is 0. The molecule has 0 amide bonds. The third kappa shape index (κ3) is 5.44. The van der Waals surface area contributed by atoms with E-state index in [0.29, 0.717) is 24.0 Å². The number of ketones is 2. The highest BCUT2D eigenvalue weighted by Gasteiger charge is 2.59. The van der Waals surface area contributed by atoms with E-state index in [1.54, 1.807) is 55.5 Å². The number of rotatable bonds is 10. The topological polar surface area (TPSA) is 86.7 Å². The van der Waals surface area contributed by atoms with Crippen molar-refractivity contribution in [3.63, 3.8) is 0 Å². The normalized spacial score (nSPS) is 21.0. The van der Waals surface area contributed by atoms with E-state index in [1.165, 1.54) is 0 Å². The Kier molecular flexibility index (Phi) is 8.02. The number of carbonyl (C=O) groups is 4. The number of hydrogen-bond acceptors (Lipinski definition) is 6. The zero-order valence-corrected chi connectivity index (χ0v) is 20.0. The second-order valence-electron chi connectivity index (χ2n) is 9.53. The summed E-state index contributed by atoms with van der Waals surface area (Å²) >= 11 is 0. The van der Waals surface area contributed by atoms with Crippen LogP contribution in [0.25, 0.3) is 0 Å². The van der Waals surface area contributed by atoms with Crippen molar-refractivity contribution in [3.8, 4) is 0 Å². The van der Waals surface area contributed by atoms with Crippen LogP contribution in [0.3, 0.4) is 0 Å². The lowest BCUT2D eigenvalue weighted by molar-refractivity contribution is -0.165. The molecule has 34 heavy (non-hydrogen) atoms. The average Bonchev–Trinajstić information content (AvgIpc) is 3.09. The first-order valence-electron chi connectivity index (χ1n) is 11.7. The van der Waals surface area contributed by atoms with Gasteiger partial charge in [0, 0.05) is 24.0 Å². The first kappa shape index (κ1) is 25.3. The highest BCUT2D eigenvalue weighted by atomic mass is 16.5. The maximum absolute atomic E-state index is 13.0. The van der Waals surface area contributed by atoms with Crippen LogP contribution in [0.2, 0.25) is 0 Å². The van der Waals surface area contributed by atoms with Gasteiger partial charge in [-0.3, -0.25) is 19.2 Å². The second-order valence-corrected chi connectivity index (χ2v) is 9.53. The minimum absolute atomic E-state index is 0.00188. The van der Waals surface area contributed by atoms with Gasteiger partial charge in [-0.1, -0.05) is 74.5 Å². The molecule has 0 bridgehead atoms. The lowest BCUT2D eigenvalue weighted by Gasteiger charge is -2.38. The number of carbonyl (C=O) groups excluding carboxylic acids is 4. The monoisotopic (exact) mass is 464 g/mol. The van der Waals surface area contributed by atoms with Crippen LogP contribution < -0.4 is 0 Å². The van der Waals surface area contributed by atoms with Crippen molar-refractivity contribution in [1.82, 2.24) is 0 Å². The summed E-state index contributed by atoms with van der Waals surface area (Å²) in [6.07, 6.45) is 1.19. The molecule has 0 unspecified atom stereocenters. The van der Waals surface area contributed by atoms with Crippen molar-refractivity contribution in [2.24, 2.45) is 16.7 Å². The van der Waals surface area contributed by atoms with Gasteiger partial charge in [-0.15, -0.1) is 0 Å². The van der Waals surface area contributed by atoms with Gasteiger partial charge in [-0.05, 0) is 25.2 Å². The molecule has 6 heteroatoms. The van der Waals surface area contributed by atoms with E-state index in [4.69, 9.17) is 9.47 Å². The minimum atomic E-state index is -0.883. The maximum atomic E-state index is 13.0. The smallest absolute Gasteiger partial charge is 0.312 e. The van der Waals surface area contributed by atoms with E-state index in [0.717, 1.165) is 0 Å². The van der Waals surface area contributed by atoms with Crippen LogP contribution in [0, 0.1) is 16.7 Å². The molecule has 2 aromatic rings. The molecular weight excluding hydrogens is 432 g/mol. The van der Waals surface area contributed by atoms with Crippen LogP contribution in [0.5, 0.6) is 0 Å². The molecule has 180 valence electrons. The Balaban J connectivity index is 1.51. The van der Waals surface area contributed by atoms with E-state index < -0.39 is 28.7 Å². The minimum Gasteiger partial charge on any atom is -0.465 e. The Morgan fingerprint density at radius 3 is 1.74 bits per heavy atom. The van der Waals surface area contributed by atoms with Crippen LogP contribution in [0.4, 0.5) is 0 Å². The van der Waals surface area contributed by atoms with Gasteiger partial charge in [0.15, 0.2) is 11.6 Å². The summed E-state index contributed by atoms with van der Waals surface area (Å²) in [5, 5.41) is 0. The number of ether oxygens (including phenoxy) is 2. The van der Waals surface area contributed by atoms with Crippen LogP contribution in [-0.2, 0) is 19.1 Å². The fraction of sp³-hybridized carbons (Fsp3) is 0.429. The summed E-state index contributed by atoms with van der Waals surface area (Å²) in [4.78, 5) is 50.3. The third-order valence-electron chi connectivity index (χ3n) is 7.29. The van der Waals surface area contributed by atoms with Crippen molar-refractivity contribution >= 4 is 23.5 Å². The summed E-state index contributed by atoms with van der Waals surface area (Å²) in [5.41, 5.74) is -0.416. The molecule has 0 spiro atoms. The van der Waals surface area contributed by atoms with Crippen molar-refractivity contribution in [3.05, 3.63) is 71.8 Å². The van der Waals surface area contributed by atoms with Crippen LogP contribution in [-0.4, -0.2) is 36.7 Å². The molecule has 1 fully saturated rings. The molecule has 1 saturated carbocycles. The SMILES string of the molecule is CC1(C)[C@@H](C(=O)OCCC(=O)c2ccccc2)CC[C@@]1(C)C(=O)OCCC(=O)c1ccccc1. The first-order valence-corrected chi connectivity index (χ1v) is 11.7. The first-order chi connectivity index (χ1) is 16.2. The van der Waals surface area contributed by atoms with Crippen LogP contribution in [0.1, 0.15) is 67.2 Å². The predicted octanol–water partition coefficient (Wildman–Crippen LogP) is 5.06. The maximum Gasteiger partial charge on any atom is 0.312 e. The highest BCUT2D eigenvalue weighted by Crippen LogP contribution is 2.56. The lowest BCUT2D eigenvalue weighted by atomic mass is 9.65. The van der Waals surface area contributed by atoms with Crippen LogP contribution in [0.15, 0.2) is 60.7 Å². The van der Waals surface area contributed by atoms with Gasteiger partial charge in [-0.2, -0.15) is 0 Å². The molecule has 2 atom stereocenters. The van der Waals surface area contributed by atoms with Crippen molar-refractivity contribution in [1.29, 1.82) is 0 Å². The number of hydrogen-bond donors (Lipinski definition) is 0. The molecule has 1 aliphatic carbocycles. The fourth-order valence-electron chi connectivity index (χ4n) is 4.56.